The van der Waals surface area contributed by atoms with Crippen molar-refractivity contribution < 1.29 is 44.7 Å². The summed E-state index contributed by atoms with van der Waals surface area (Å²) in [7, 11) is 3.57. The van der Waals surface area contributed by atoms with Gasteiger partial charge in [-0.15, -0.1) is 0 Å². The number of nitrogens with one attached hydrogen (secondary N) is 1. The third-order valence-corrected chi connectivity index (χ3v) is 7.66. The average molecular weight is 530 g/mol. The SMILES string of the molecule is CN(C)c1cc(CNCCCC(=O)O)c(O)c2c1C[C@H]1CC3CC(=O)C(C(N)=O)=C(O)[C@@]3(O)C(=O)C1=C2O. The van der Waals surface area contributed by atoms with Crippen LogP contribution in [-0.2, 0) is 32.1 Å². The van der Waals surface area contributed by atoms with E-state index in [0.29, 0.717) is 29.8 Å². The summed E-state index contributed by atoms with van der Waals surface area (Å²) in [6, 6.07) is 1.75. The largest absolute Gasteiger partial charge is 0.508 e. The Kier molecular flexibility index (Phi) is 6.97. The van der Waals surface area contributed by atoms with Crippen molar-refractivity contribution in [2.75, 3.05) is 25.5 Å². The molecule has 1 aromatic carbocycles. The third-order valence-electron chi connectivity index (χ3n) is 7.66. The van der Waals surface area contributed by atoms with Crippen molar-refractivity contribution in [2.45, 2.75) is 44.2 Å². The maximum Gasteiger partial charge on any atom is 0.303 e. The fourth-order valence-corrected chi connectivity index (χ4v) is 5.85. The number of hydrogen-bond donors (Lipinski definition) is 7. The first-order valence-corrected chi connectivity index (χ1v) is 12.3. The van der Waals surface area contributed by atoms with E-state index in [9.17, 15) is 39.6 Å². The lowest BCUT2D eigenvalue weighted by Crippen LogP contribution is -2.58. The first-order chi connectivity index (χ1) is 17.8. The molecule has 1 amide bonds. The van der Waals surface area contributed by atoms with Gasteiger partial charge in [0.1, 0.15) is 22.8 Å². The van der Waals surface area contributed by atoms with Gasteiger partial charge in [-0.1, -0.05) is 0 Å². The fraction of sp³-hybridized carbons (Fsp3) is 0.462. The van der Waals surface area contributed by atoms with E-state index in [1.807, 2.05) is 0 Å². The second-order valence-corrected chi connectivity index (χ2v) is 10.2. The molecule has 1 saturated carbocycles. The van der Waals surface area contributed by atoms with Crippen molar-refractivity contribution in [3.8, 4) is 5.75 Å². The Morgan fingerprint density at radius 2 is 1.87 bits per heavy atom. The molecular formula is C26H31N3O9. The van der Waals surface area contributed by atoms with Crippen LogP contribution in [0, 0.1) is 11.8 Å². The molecule has 4 rings (SSSR count). The van der Waals surface area contributed by atoms with Gasteiger partial charge in [-0.2, -0.15) is 0 Å². The minimum Gasteiger partial charge on any atom is -0.508 e. The van der Waals surface area contributed by atoms with E-state index in [-0.39, 0.29) is 49.1 Å². The zero-order chi connectivity index (χ0) is 28.1. The van der Waals surface area contributed by atoms with Crippen LogP contribution in [-0.4, -0.2) is 75.2 Å². The number of nitrogens with two attached hydrogens (primary N) is 1. The van der Waals surface area contributed by atoms with Crippen molar-refractivity contribution >= 4 is 34.9 Å². The lowest BCUT2D eigenvalue weighted by molar-refractivity contribution is -0.147. The predicted molar refractivity (Wildman–Crippen MR) is 134 cm³/mol. The number of aliphatic hydroxyl groups excluding tert-OH is 2. The summed E-state index contributed by atoms with van der Waals surface area (Å²) in [6.07, 6.45) is 0.252. The molecule has 12 nitrogen and oxygen atoms in total. The molecule has 1 fully saturated rings. The number of benzene rings is 1. The van der Waals surface area contributed by atoms with Crippen LogP contribution in [0.1, 0.15) is 42.4 Å². The molecule has 3 aliphatic carbocycles. The number of amides is 1. The molecule has 1 unspecified atom stereocenters. The van der Waals surface area contributed by atoms with Crippen molar-refractivity contribution in [3.63, 3.8) is 0 Å². The van der Waals surface area contributed by atoms with Crippen LogP contribution in [0.4, 0.5) is 5.69 Å². The summed E-state index contributed by atoms with van der Waals surface area (Å²) < 4.78 is 0. The number of primary amides is 1. The number of phenolic OH excluding ortho intramolecular Hbond substituents is 1. The lowest BCUT2D eigenvalue weighted by Gasteiger charge is -2.46. The monoisotopic (exact) mass is 529 g/mol. The topological polar surface area (TPSA) is 211 Å². The zero-order valence-corrected chi connectivity index (χ0v) is 21.1. The second-order valence-electron chi connectivity index (χ2n) is 10.2. The number of fused-ring (bicyclic) bond motifs is 3. The predicted octanol–water partition coefficient (Wildman–Crippen LogP) is 0.444. The number of aromatic hydroxyl groups is 1. The molecule has 12 heteroatoms. The van der Waals surface area contributed by atoms with E-state index in [4.69, 9.17) is 10.8 Å². The third kappa shape index (κ3) is 4.19. The van der Waals surface area contributed by atoms with Gasteiger partial charge >= 0.3 is 5.97 Å². The molecule has 0 spiro atoms. The molecule has 0 saturated heterocycles. The quantitative estimate of drug-likeness (QED) is 0.181. The lowest BCUT2D eigenvalue weighted by atomic mass is 9.59. The highest BCUT2D eigenvalue weighted by atomic mass is 16.4. The number of carbonyl (C=O) groups is 4. The van der Waals surface area contributed by atoms with E-state index in [1.54, 1.807) is 25.1 Å². The van der Waals surface area contributed by atoms with Crippen LogP contribution in [0.3, 0.4) is 0 Å². The summed E-state index contributed by atoms with van der Waals surface area (Å²) in [6.45, 7) is 0.522. The number of nitrogens with zero attached hydrogens (tertiary/aromatic N) is 1. The van der Waals surface area contributed by atoms with Gasteiger partial charge in [0.05, 0.1) is 5.56 Å². The van der Waals surface area contributed by atoms with Gasteiger partial charge in [0, 0.05) is 56.2 Å². The molecule has 38 heavy (non-hydrogen) atoms. The molecule has 3 atom stereocenters. The number of Topliss-reactive ketones (excluding diaryl/α,β-unsaturated/α-hetero) is 2. The normalized spacial score (nSPS) is 24.6. The maximum atomic E-state index is 13.7. The molecule has 0 aromatic heterocycles. The molecule has 0 heterocycles. The molecule has 1 aromatic rings. The van der Waals surface area contributed by atoms with Crippen molar-refractivity contribution in [1.82, 2.24) is 5.32 Å². The van der Waals surface area contributed by atoms with Crippen LogP contribution < -0.4 is 16.0 Å². The van der Waals surface area contributed by atoms with E-state index >= 15 is 0 Å². The number of phenols is 1. The molecule has 0 aliphatic heterocycles. The van der Waals surface area contributed by atoms with Gasteiger partial charge in [0.25, 0.3) is 5.91 Å². The van der Waals surface area contributed by atoms with Crippen LogP contribution in [0.5, 0.6) is 5.75 Å². The first kappa shape index (κ1) is 27.1. The van der Waals surface area contributed by atoms with Gasteiger partial charge in [0.2, 0.25) is 5.78 Å². The summed E-state index contributed by atoms with van der Waals surface area (Å²) >= 11 is 0. The highest BCUT2D eigenvalue weighted by Gasteiger charge is 2.60. The van der Waals surface area contributed by atoms with Crippen LogP contribution >= 0.6 is 0 Å². The standard InChI is InChI=1S/C26H31N3O9/c1-29(2)15-8-12(10-28-5-3-4-17(31)32)21(33)19-14(15)7-11-6-13-9-16(30)20(25(27)37)24(36)26(13,38)23(35)18(11)22(19)34/h8,11,13,28,33-34,36,38H,3-7,9-10H2,1-2H3,(H2,27,37)(H,31,32)/t11-,13?,26+/m1/s1. The van der Waals surface area contributed by atoms with E-state index < -0.39 is 58.0 Å². The van der Waals surface area contributed by atoms with Gasteiger partial charge in [0.15, 0.2) is 11.4 Å². The molecule has 3 aliphatic rings. The van der Waals surface area contributed by atoms with Gasteiger partial charge in [-0.3, -0.25) is 19.2 Å². The van der Waals surface area contributed by atoms with Gasteiger partial charge < -0.3 is 41.5 Å². The zero-order valence-electron chi connectivity index (χ0n) is 21.1. The Hall–Kier alpha value is -3.90. The summed E-state index contributed by atoms with van der Waals surface area (Å²) in [4.78, 5) is 50.4. The molecule has 0 bridgehead atoms. The summed E-state index contributed by atoms with van der Waals surface area (Å²) in [5, 5.41) is 56.4. The number of anilines is 1. The minimum absolute atomic E-state index is 0.0171. The maximum absolute atomic E-state index is 13.7. The van der Waals surface area contributed by atoms with E-state index in [0.717, 1.165) is 0 Å². The molecule has 0 radical (unpaired) electrons. The Morgan fingerprint density at radius 1 is 1.18 bits per heavy atom. The number of hydrogen-bond acceptors (Lipinski definition) is 10. The summed E-state index contributed by atoms with van der Waals surface area (Å²) in [5.41, 5.74) is 3.24. The smallest absolute Gasteiger partial charge is 0.303 e. The van der Waals surface area contributed by atoms with E-state index in [1.165, 1.54) is 0 Å². The number of aliphatic hydroxyl groups is 3. The average Bonchev–Trinajstić information content (AvgIpc) is 2.81. The Labute approximate surface area is 218 Å². The Balaban J connectivity index is 1.80. The number of carbonyl (C=O) groups excluding carboxylic acids is 3. The van der Waals surface area contributed by atoms with Crippen molar-refractivity contribution in [1.29, 1.82) is 0 Å². The number of carboxylic acid groups (broad SMARTS) is 1. The van der Waals surface area contributed by atoms with Gasteiger partial charge in [-0.25, -0.2) is 0 Å². The van der Waals surface area contributed by atoms with Crippen molar-refractivity contribution in [3.05, 3.63) is 39.7 Å². The number of aliphatic carboxylic acids is 1. The van der Waals surface area contributed by atoms with Crippen LogP contribution in [0.2, 0.25) is 0 Å². The van der Waals surface area contributed by atoms with Gasteiger partial charge in [-0.05, 0) is 43.4 Å². The second kappa shape index (κ2) is 9.76. The van der Waals surface area contributed by atoms with Crippen LogP contribution in [0.15, 0.2) is 23.0 Å². The number of rotatable bonds is 8. The fourth-order valence-electron chi connectivity index (χ4n) is 5.85. The highest BCUT2D eigenvalue weighted by Crippen LogP contribution is 2.53. The first-order valence-electron chi connectivity index (χ1n) is 12.3. The Morgan fingerprint density at radius 3 is 2.47 bits per heavy atom. The van der Waals surface area contributed by atoms with E-state index in [2.05, 4.69) is 5.32 Å². The van der Waals surface area contributed by atoms with Crippen molar-refractivity contribution in [2.24, 2.45) is 17.6 Å². The molecule has 204 valence electrons. The summed E-state index contributed by atoms with van der Waals surface area (Å²) in [5.74, 6) is -7.59. The Bertz CT molecular complexity index is 1310. The highest BCUT2D eigenvalue weighted by molar-refractivity contribution is 6.22. The minimum atomic E-state index is -2.61. The van der Waals surface area contributed by atoms with Crippen LogP contribution in [0.25, 0.3) is 5.76 Å². The molecule has 8 N–H and O–H groups in total. The molecular weight excluding hydrogens is 498 g/mol. The number of carboxylic acids is 1. The number of ketones is 2.